The summed E-state index contributed by atoms with van der Waals surface area (Å²) in [5.74, 6) is 0.142. The van der Waals surface area contributed by atoms with Crippen molar-refractivity contribution in [2.24, 2.45) is 0 Å². The van der Waals surface area contributed by atoms with Gasteiger partial charge in [0, 0.05) is 17.7 Å². The van der Waals surface area contributed by atoms with Crippen LogP contribution in [0.4, 0.5) is 4.79 Å². The van der Waals surface area contributed by atoms with E-state index in [1.807, 2.05) is 12.1 Å². The molecule has 0 radical (unpaired) electrons. The summed E-state index contributed by atoms with van der Waals surface area (Å²) in [6.07, 6.45) is 3.14. The van der Waals surface area contributed by atoms with E-state index in [1.165, 1.54) is 5.56 Å². The number of amides is 2. The van der Waals surface area contributed by atoms with Gasteiger partial charge in [0.2, 0.25) is 0 Å². The van der Waals surface area contributed by atoms with Crippen LogP contribution in [0.5, 0.6) is 0 Å². The predicted octanol–water partition coefficient (Wildman–Crippen LogP) is 2.61. The average molecular weight is 270 g/mol. The van der Waals surface area contributed by atoms with Crippen molar-refractivity contribution in [3.8, 4) is 0 Å². The number of aryl methyl sites for hydroxylation is 1. The van der Waals surface area contributed by atoms with Gasteiger partial charge in [-0.25, -0.2) is 4.79 Å². The normalized spacial score (nSPS) is 22.1. The summed E-state index contributed by atoms with van der Waals surface area (Å²) in [6, 6.07) is 7.58. The van der Waals surface area contributed by atoms with Gasteiger partial charge < -0.3 is 10.6 Å². The van der Waals surface area contributed by atoms with Gasteiger partial charge in [0.05, 0.1) is 6.04 Å². The van der Waals surface area contributed by atoms with Crippen LogP contribution in [0.3, 0.4) is 0 Å². The number of ketones is 1. The number of rotatable bonds is 2. The standard InChI is InChI=1S/C16H18N2O2/c1-2-10-6-8-11(9-7-10)15-14-12(17-16(20)18-15)4-3-5-13(14)19/h6-9,15H,2-5H2,1H3,(H2,17,18,20). The molecule has 0 aromatic heterocycles. The molecule has 3 rings (SSSR count). The Morgan fingerprint density at radius 1 is 1.15 bits per heavy atom. The summed E-state index contributed by atoms with van der Waals surface area (Å²) in [4.78, 5) is 24.0. The van der Waals surface area contributed by atoms with Crippen molar-refractivity contribution in [2.75, 3.05) is 0 Å². The molecule has 1 aromatic carbocycles. The van der Waals surface area contributed by atoms with E-state index in [9.17, 15) is 9.59 Å². The summed E-state index contributed by atoms with van der Waals surface area (Å²) in [7, 11) is 0. The summed E-state index contributed by atoms with van der Waals surface area (Å²) < 4.78 is 0. The van der Waals surface area contributed by atoms with Gasteiger partial charge in [0.25, 0.3) is 0 Å². The van der Waals surface area contributed by atoms with E-state index in [1.54, 1.807) is 0 Å². The predicted molar refractivity (Wildman–Crippen MR) is 76.1 cm³/mol. The average Bonchev–Trinajstić information content (AvgIpc) is 2.46. The van der Waals surface area contributed by atoms with E-state index in [0.29, 0.717) is 6.42 Å². The Morgan fingerprint density at radius 2 is 1.90 bits per heavy atom. The molecule has 1 aliphatic heterocycles. The molecule has 2 N–H and O–H groups in total. The molecule has 104 valence electrons. The fourth-order valence-electron chi connectivity index (χ4n) is 2.90. The van der Waals surface area contributed by atoms with Crippen LogP contribution in [-0.2, 0) is 11.2 Å². The SMILES string of the molecule is CCc1ccc(C2NC(=O)NC3=C2C(=O)CCC3)cc1. The summed E-state index contributed by atoms with van der Waals surface area (Å²) >= 11 is 0. The third kappa shape index (κ3) is 2.22. The first kappa shape index (κ1) is 12.9. The van der Waals surface area contributed by atoms with Crippen molar-refractivity contribution in [3.05, 3.63) is 46.7 Å². The first-order valence-electron chi connectivity index (χ1n) is 7.11. The monoisotopic (exact) mass is 270 g/mol. The van der Waals surface area contributed by atoms with Crippen molar-refractivity contribution < 1.29 is 9.59 Å². The molecule has 0 fully saturated rings. The number of Topliss-reactive ketones (excluding diaryl/α,β-unsaturated/α-hetero) is 1. The molecule has 1 unspecified atom stereocenters. The molecule has 2 amide bonds. The third-order valence-corrected chi connectivity index (χ3v) is 4.01. The minimum atomic E-state index is -0.308. The van der Waals surface area contributed by atoms with Gasteiger partial charge in [-0.05, 0) is 30.4 Å². The van der Waals surface area contributed by atoms with E-state index >= 15 is 0 Å². The highest BCUT2D eigenvalue weighted by molar-refractivity contribution is 6.00. The zero-order valence-electron chi connectivity index (χ0n) is 11.5. The molecule has 0 spiro atoms. The quantitative estimate of drug-likeness (QED) is 0.868. The fourth-order valence-corrected chi connectivity index (χ4v) is 2.90. The van der Waals surface area contributed by atoms with Crippen LogP contribution in [0.15, 0.2) is 35.5 Å². The second-order valence-electron chi connectivity index (χ2n) is 5.30. The van der Waals surface area contributed by atoms with E-state index in [2.05, 4.69) is 29.7 Å². The molecular formula is C16H18N2O2. The lowest BCUT2D eigenvalue weighted by atomic mass is 9.85. The maximum Gasteiger partial charge on any atom is 0.319 e. The molecule has 1 aromatic rings. The Balaban J connectivity index is 2.01. The van der Waals surface area contributed by atoms with Gasteiger partial charge in [-0.2, -0.15) is 0 Å². The highest BCUT2D eigenvalue weighted by atomic mass is 16.2. The molecule has 0 bridgehead atoms. The van der Waals surface area contributed by atoms with Crippen LogP contribution >= 0.6 is 0 Å². The lowest BCUT2D eigenvalue weighted by Gasteiger charge is -2.32. The minimum Gasteiger partial charge on any atom is -0.327 e. The van der Waals surface area contributed by atoms with Gasteiger partial charge in [-0.3, -0.25) is 4.79 Å². The van der Waals surface area contributed by atoms with E-state index in [4.69, 9.17) is 0 Å². The number of urea groups is 1. The molecule has 1 atom stereocenters. The molecule has 1 aliphatic carbocycles. The topological polar surface area (TPSA) is 58.2 Å². The van der Waals surface area contributed by atoms with Crippen molar-refractivity contribution >= 4 is 11.8 Å². The van der Waals surface area contributed by atoms with Crippen molar-refractivity contribution in [1.82, 2.24) is 10.6 Å². The molecular weight excluding hydrogens is 252 g/mol. The van der Waals surface area contributed by atoms with Gasteiger partial charge >= 0.3 is 6.03 Å². The Kier molecular flexibility index (Phi) is 3.30. The molecule has 2 aliphatic rings. The smallest absolute Gasteiger partial charge is 0.319 e. The van der Waals surface area contributed by atoms with Crippen LogP contribution in [0.1, 0.15) is 43.4 Å². The van der Waals surface area contributed by atoms with Gasteiger partial charge in [0.15, 0.2) is 5.78 Å². The summed E-state index contributed by atoms with van der Waals surface area (Å²) in [5, 5.41) is 5.65. The van der Waals surface area contributed by atoms with Crippen LogP contribution in [0, 0.1) is 0 Å². The lowest BCUT2D eigenvalue weighted by molar-refractivity contribution is -0.116. The van der Waals surface area contributed by atoms with E-state index < -0.39 is 0 Å². The summed E-state index contributed by atoms with van der Waals surface area (Å²) in [6.45, 7) is 2.10. The number of hydrogen-bond acceptors (Lipinski definition) is 2. The Labute approximate surface area is 118 Å². The number of hydrogen-bond donors (Lipinski definition) is 2. The number of allylic oxidation sites excluding steroid dienone is 1. The zero-order valence-corrected chi connectivity index (χ0v) is 11.5. The highest BCUT2D eigenvalue weighted by Gasteiger charge is 2.34. The van der Waals surface area contributed by atoms with Crippen molar-refractivity contribution in [1.29, 1.82) is 0 Å². The third-order valence-electron chi connectivity index (χ3n) is 4.01. The maximum absolute atomic E-state index is 12.2. The number of nitrogens with one attached hydrogen (secondary N) is 2. The van der Waals surface area contributed by atoms with Gasteiger partial charge in [-0.1, -0.05) is 31.2 Å². The van der Waals surface area contributed by atoms with E-state index in [-0.39, 0.29) is 17.9 Å². The van der Waals surface area contributed by atoms with Crippen LogP contribution in [-0.4, -0.2) is 11.8 Å². The molecule has 1 heterocycles. The molecule has 20 heavy (non-hydrogen) atoms. The zero-order chi connectivity index (χ0) is 14.1. The molecule has 0 saturated heterocycles. The second-order valence-corrected chi connectivity index (χ2v) is 5.30. The van der Waals surface area contributed by atoms with E-state index in [0.717, 1.165) is 36.1 Å². The number of carbonyl (C=O) groups excluding carboxylic acids is 2. The largest absolute Gasteiger partial charge is 0.327 e. The first-order chi connectivity index (χ1) is 9.69. The van der Waals surface area contributed by atoms with Crippen molar-refractivity contribution in [2.45, 2.75) is 38.6 Å². The van der Waals surface area contributed by atoms with Gasteiger partial charge in [0.1, 0.15) is 0 Å². The Hall–Kier alpha value is -2.10. The fraction of sp³-hybridized carbons (Fsp3) is 0.375. The van der Waals surface area contributed by atoms with Crippen LogP contribution in [0.25, 0.3) is 0 Å². The molecule has 4 heteroatoms. The Bertz CT molecular complexity index is 587. The maximum atomic E-state index is 12.2. The lowest BCUT2D eigenvalue weighted by Crippen LogP contribution is -2.46. The summed E-state index contributed by atoms with van der Waals surface area (Å²) in [5.41, 5.74) is 3.76. The minimum absolute atomic E-state index is 0.142. The van der Waals surface area contributed by atoms with Gasteiger partial charge in [-0.15, -0.1) is 0 Å². The van der Waals surface area contributed by atoms with Crippen LogP contribution in [0.2, 0.25) is 0 Å². The Morgan fingerprint density at radius 3 is 2.60 bits per heavy atom. The molecule has 0 saturated carbocycles. The first-order valence-corrected chi connectivity index (χ1v) is 7.11. The van der Waals surface area contributed by atoms with Crippen molar-refractivity contribution in [3.63, 3.8) is 0 Å². The van der Waals surface area contributed by atoms with Crippen LogP contribution < -0.4 is 10.6 Å². The number of carbonyl (C=O) groups is 2. The second kappa shape index (κ2) is 5.12. The highest BCUT2D eigenvalue weighted by Crippen LogP contribution is 2.33. The molecule has 4 nitrogen and oxygen atoms in total. The number of benzene rings is 1.